The predicted molar refractivity (Wildman–Crippen MR) is 82.2 cm³/mol. The number of rotatable bonds is 1. The van der Waals surface area contributed by atoms with Gasteiger partial charge in [0.05, 0.1) is 11.1 Å². The first-order valence-electron chi connectivity index (χ1n) is 6.67. The fraction of sp³-hybridized carbons (Fsp3) is 0.250. The van der Waals surface area contributed by atoms with Crippen molar-refractivity contribution in [3.63, 3.8) is 0 Å². The van der Waals surface area contributed by atoms with Crippen LogP contribution in [0.4, 0.5) is 5.82 Å². The Kier molecular flexibility index (Phi) is 2.74. The molecular formula is C16H18N4. The standard InChI is InChI=1S/C16H18N4/c1-9-6-5-7-10(2)14(9)20-12(4)11(3)13-15(17)18-8-19-16(13)20/h5-8H,1-4H3,(H2,17,18,19). The molecule has 3 rings (SSSR count). The molecule has 20 heavy (non-hydrogen) atoms. The van der Waals surface area contributed by atoms with Crippen LogP contribution in [0.25, 0.3) is 16.7 Å². The van der Waals surface area contributed by atoms with Gasteiger partial charge >= 0.3 is 0 Å². The maximum Gasteiger partial charge on any atom is 0.150 e. The van der Waals surface area contributed by atoms with E-state index in [1.54, 1.807) is 0 Å². The summed E-state index contributed by atoms with van der Waals surface area (Å²) in [5.74, 6) is 0.542. The zero-order valence-corrected chi connectivity index (χ0v) is 12.2. The van der Waals surface area contributed by atoms with Gasteiger partial charge in [0, 0.05) is 5.69 Å². The van der Waals surface area contributed by atoms with Gasteiger partial charge in [0.2, 0.25) is 0 Å². The topological polar surface area (TPSA) is 56.7 Å². The van der Waals surface area contributed by atoms with E-state index in [0.29, 0.717) is 5.82 Å². The van der Waals surface area contributed by atoms with Gasteiger partial charge in [-0.05, 0) is 44.4 Å². The highest BCUT2D eigenvalue weighted by Gasteiger charge is 2.18. The summed E-state index contributed by atoms with van der Waals surface area (Å²) >= 11 is 0. The van der Waals surface area contributed by atoms with E-state index in [1.807, 2.05) is 0 Å². The summed E-state index contributed by atoms with van der Waals surface area (Å²) in [4.78, 5) is 8.57. The van der Waals surface area contributed by atoms with Gasteiger partial charge in [-0.25, -0.2) is 9.97 Å². The van der Waals surface area contributed by atoms with E-state index >= 15 is 0 Å². The third-order valence-electron chi connectivity index (χ3n) is 3.98. The third kappa shape index (κ3) is 1.61. The highest BCUT2D eigenvalue weighted by molar-refractivity contribution is 5.92. The molecule has 0 aliphatic heterocycles. The highest BCUT2D eigenvalue weighted by Crippen LogP contribution is 2.32. The van der Waals surface area contributed by atoms with Crippen molar-refractivity contribution in [3.8, 4) is 5.69 Å². The molecular weight excluding hydrogens is 248 g/mol. The van der Waals surface area contributed by atoms with Crippen LogP contribution < -0.4 is 5.73 Å². The van der Waals surface area contributed by atoms with Gasteiger partial charge in [-0.2, -0.15) is 0 Å². The van der Waals surface area contributed by atoms with Crippen LogP contribution in [0.15, 0.2) is 24.5 Å². The number of hydrogen-bond donors (Lipinski definition) is 1. The lowest BCUT2D eigenvalue weighted by atomic mass is 10.1. The molecule has 102 valence electrons. The quantitative estimate of drug-likeness (QED) is 0.735. The molecule has 4 nitrogen and oxygen atoms in total. The Morgan fingerprint density at radius 2 is 1.65 bits per heavy atom. The second-order valence-electron chi connectivity index (χ2n) is 5.24. The van der Waals surface area contributed by atoms with Crippen LogP contribution in [0.3, 0.4) is 0 Å². The van der Waals surface area contributed by atoms with Crippen LogP contribution in [0.5, 0.6) is 0 Å². The minimum atomic E-state index is 0.542. The van der Waals surface area contributed by atoms with Crippen molar-refractivity contribution in [1.29, 1.82) is 0 Å². The van der Waals surface area contributed by atoms with E-state index in [9.17, 15) is 0 Å². The molecule has 0 spiro atoms. The van der Waals surface area contributed by atoms with E-state index in [1.165, 1.54) is 23.1 Å². The molecule has 0 atom stereocenters. The Morgan fingerprint density at radius 1 is 1.00 bits per heavy atom. The summed E-state index contributed by atoms with van der Waals surface area (Å²) in [5.41, 5.74) is 12.8. The van der Waals surface area contributed by atoms with Gasteiger partial charge in [0.15, 0.2) is 5.65 Å². The number of nitrogens with two attached hydrogens (primary N) is 1. The van der Waals surface area contributed by atoms with Crippen LogP contribution >= 0.6 is 0 Å². The summed E-state index contributed by atoms with van der Waals surface area (Å²) in [7, 11) is 0. The average molecular weight is 266 g/mol. The van der Waals surface area contributed by atoms with Crippen molar-refractivity contribution in [2.75, 3.05) is 5.73 Å². The number of anilines is 1. The summed E-state index contributed by atoms with van der Waals surface area (Å²) in [6.07, 6.45) is 1.53. The summed E-state index contributed by atoms with van der Waals surface area (Å²) in [5, 5.41) is 0.952. The Balaban J connectivity index is 2.50. The fourth-order valence-electron chi connectivity index (χ4n) is 2.86. The van der Waals surface area contributed by atoms with Crippen molar-refractivity contribution in [2.45, 2.75) is 27.7 Å². The first-order valence-corrected chi connectivity index (χ1v) is 6.67. The Hall–Kier alpha value is -2.36. The molecule has 0 radical (unpaired) electrons. The maximum absolute atomic E-state index is 6.03. The molecule has 4 heteroatoms. The summed E-state index contributed by atoms with van der Waals surface area (Å²) < 4.78 is 2.19. The lowest BCUT2D eigenvalue weighted by Crippen LogP contribution is -2.03. The van der Waals surface area contributed by atoms with Gasteiger partial charge in [-0.15, -0.1) is 0 Å². The third-order valence-corrected chi connectivity index (χ3v) is 3.98. The van der Waals surface area contributed by atoms with E-state index in [4.69, 9.17) is 5.73 Å². The smallest absolute Gasteiger partial charge is 0.150 e. The monoisotopic (exact) mass is 266 g/mol. The van der Waals surface area contributed by atoms with E-state index < -0.39 is 0 Å². The lowest BCUT2D eigenvalue weighted by molar-refractivity contribution is 0.989. The number of nitrogens with zero attached hydrogens (tertiary/aromatic N) is 3. The molecule has 2 aromatic heterocycles. The average Bonchev–Trinajstić information content (AvgIpc) is 2.65. The number of para-hydroxylation sites is 1. The van der Waals surface area contributed by atoms with Gasteiger partial charge < -0.3 is 5.73 Å². The normalized spacial score (nSPS) is 11.2. The maximum atomic E-state index is 6.03. The zero-order chi connectivity index (χ0) is 14.4. The van der Waals surface area contributed by atoms with Crippen molar-refractivity contribution in [1.82, 2.24) is 14.5 Å². The molecule has 1 aromatic carbocycles. The molecule has 0 unspecified atom stereocenters. The number of fused-ring (bicyclic) bond motifs is 1. The van der Waals surface area contributed by atoms with Crippen molar-refractivity contribution < 1.29 is 0 Å². The highest BCUT2D eigenvalue weighted by atomic mass is 15.1. The van der Waals surface area contributed by atoms with E-state index in [0.717, 1.165) is 22.3 Å². The first kappa shape index (κ1) is 12.7. The first-order chi connectivity index (χ1) is 9.52. The van der Waals surface area contributed by atoms with Crippen molar-refractivity contribution >= 4 is 16.9 Å². The van der Waals surface area contributed by atoms with Crippen LogP contribution in [-0.4, -0.2) is 14.5 Å². The molecule has 0 amide bonds. The van der Waals surface area contributed by atoms with Crippen molar-refractivity contribution in [3.05, 3.63) is 46.9 Å². The number of aryl methyl sites for hydroxylation is 3. The number of aromatic nitrogens is 3. The number of nitrogen functional groups attached to an aromatic ring is 1. The van der Waals surface area contributed by atoms with Gasteiger partial charge in [0.25, 0.3) is 0 Å². The van der Waals surface area contributed by atoms with Gasteiger partial charge in [-0.1, -0.05) is 18.2 Å². The zero-order valence-electron chi connectivity index (χ0n) is 12.2. The predicted octanol–water partition coefficient (Wildman–Crippen LogP) is 3.24. The van der Waals surface area contributed by atoms with Crippen LogP contribution in [-0.2, 0) is 0 Å². The minimum absolute atomic E-state index is 0.542. The molecule has 0 aliphatic carbocycles. The second kappa shape index (κ2) is 4.34. The molecule has 0 saturated heterocycles. The van der Waals surface area contributed by atoms with Crippen LogP contribution in [0.2, 0.25) is 0 Å². The van der Waals surface area contributed by atoms with Crippen LogP contribution in [0.1, 0.15) is 22.4 Å². The lowest BCUT2D eigenvalue weighted by Gasteiger charge is -2.14. The van der Waals surface area contributed by atoms with Gasteiger partial charge in [-0.3, -0.25) is 4.57 Å². The Bertz CT molecular complexity index is 795. The largest absolute Gasteiger partial charge is 0.383 e. The molecule has 0 fully saturated rings. The summed E-state index contributed by atoms with van der Waals surface area (Å²) in [6, 6.07) is 6.31. The minimum Gasteiger partial charge on any atom is -0.383 e. The Morgan fingerprint density at radius 3 is 2.30 bits per heavy atom. The number of hydrogen-bond acceptors (Lipinski definition) is 3. The SMILES string of the molecule is Cc1cccc(C)c1-n1c(C)c(C)c2c(N)ncnc21. The van der Waals surface area contributed by atoms with Crippen LogP contribution in [0, 0.1) is 27.7 Å². The molecule has 0 saturated carbocycles. The summed E-state index contributed by atoms with van der Waals surface area (Å²) in [6.45, 7) is 8.41. The molecule has 2 N–H and O–H groups in total. The van der Waals surface area contributed by atoms with Crippen molar-refractivity contribution in [2.24, 2.45) is 0 Å². The molecule has 2 heterocycles. The molecule has 3 aromatic rings. The molecule has 0 bridgehead atoms. The molecule has 0 aliphatic rings. The van der Waals surface area contributed by atoms with E-state index in [2.05, 4.69) is 60.4 Å². The van der Waals surface area contributed by atoms with E-state index in [-0.39, 0.29) is 0 Å². The Labute approximate surface area is 118 Å². The van der Waals surface area contributed by atoms with Gasteiger partial charge in [0.1, 0.15) is 12.1 Å². The number of benzene rings is 1. The fourth-order valence-corrected chi connectivity index (χ4v) is 2.86. The second-order valence-corrected chi connectivity index (χ2v) is 5.24.